The molecule has 0 spiro atoms. The lowest BCUT2D eigenvalue weighted by Crippen LogP contribution is -2.20. The second-order valence-electron chi connectivity index (χ2n) is 13.9. The number of unbranched alkanes of at least 4 members (excludes halogenated alkanes) is 10. The molecule has 0 saturated heterocycles. The Morgan fingerprint density at radius 2 is 0.872 bits per heavy atom. The summed E-state index contributed by atoms with van der Waals surface area (Å²) in [5, 5.41) is 0. The molecule has 0 amide bonds. The third-order valence-corrected chi connectivity index (χ3v) is 9.29. The summed E-state index contributed by atoms with van der Waals surface area (Å²) in [7, 11) is 0. The van der Waals surface area contributed by atoms with Gasteiger partial charge in [0.2, 0.25) is 0 Å². The average Bonchev–Trinajstić information content (AvgIpc) is 2.90. The highest BCUT2D eigenvalue weighted by Crippen LogP contribution is 2.35. The van der Waals surface area contributed by atoms with Crippen molar-refractivity contribution in [2.24, 2.45) is 11.3 Å². The third kappa shape index (κ3) is 17.4. The summed E-state index contributed by atoms with van der Waals surface area (Å²) in [6, 6.07) is 0. The second kappa shape index (κ2) is 20.8. The zero-order chi connectivity index (χ0) is 28.2. The number of carbonyl (C=O) groups excluding carboxylic acids is 2. The Hall–Kier alpha value is -1.06. The molecule has 0 N–H and O–H groups in total. The van der Waals surface area contributed by atoms with E-state index in [9.17, 15) is 9.59 Å². The molecule has 2 aliphatic carbocycles. The summed E-state index contributed by atoms with van der Waals surface area (Å²) < 4.78 is 11.3. The lowest BCUT2D eigenvalue weighted by Gasteiger charge is -2.31. The van der Waals surface area contributed by atoms with E-state index < -0.39 is 0 Å². The van der Waals surface area contributed by atoms with E-state index in [0.717, 1.165) is 57.3 Å². The zero-order valence-corrected chi connectivity index (χ0v) is 26.2. The summed E-state index contributed by atoms with van der Waals surface area (Å²) in [6.07, 6.45) is 30.7. The fourth-order valence-corrected chi connectivity index (χ4v) is 6.60. The van der Waals surface area contributed by atoms with Crippen LogP contribution in [0.5, 0.6) is 0 Å². The van der Waals surface area contributed by atoms with Gasteiger partial charge in [0.05, 0.1) is 0 Å². The first-order valence-electron chi connectivity index (χ1n) is 17.2. The number of hydrogen-bond donors (Lipinski definition) is 0. The number of carbonyl (C=O) groups is 2. The van der Waals surface area contributed by atoms with Crippen LogP contribution in [0.25, 0.3) is 0 Å². The molecule has 4 nitrogen and oxygen atoms in total. The first-order valence-corrected chi connectivity index (χ1v) is 17.2. The number of rotatable bonds is 20. The van der Waals surface area contributed by atoms with E-state index in [1.165, 1.54) is 103 Å². The van der Waals surface area contributed by atoms with E-state index in [2.05, 4.69) is 20.8 Å². The van der Waals surface area contributed by atoms with E-state index in [1.54, 1.807) is 0 Å². The highest BCUT2D eigenvalue weighted by Gasteiger charge is 2.23. The molecule has 0 radical (unpaired) electrons. The van der Waals surface area contributed by atoms with E-state index >= 15 is 0 Å². The second-order valence-corrected chi connectivity index (χ2v) is 13.9. The molecule has 2 saturated carbocycles. The lowest BCUT2D eigenvalue weighted by atomic mass is 9.75. The maximum atomic E-state index is 12.0. The fourth-order valence-electron chi connectivity index (χ4n) is 6.60. The van der Waals surface area contributed by atoms with Gasteiger partial charge in [0.15, 0.2) is 0 Å². The summed E-state index contributed by atoms with van der Waals surface area (Å²) in [5.74, 6) is 0.871. The van der Waals surface area contributed by atoms with Crippen molar-refractivity contribution in [1.29, 1.82) is 0 Å². The van der Waals surface area contributed by atoms with E-state index in [1.807, 2.05) is 0 Å². The van der Waals surface area contributed by atoms with Gasteiger partial charge in [-0.05, 0) is 88.4 Å². The van der Waals surface area contributed by atoms with Crippen molar-refractivity contribution in [2.75, 3.05) is 0 Å². The fraction of sp³-hybridized carbons (Fsp3) is 0.943. The summed E-state index contributed by atoms with van der Waals surface area (Å²) >= 11 is 0. The molecule has 0 aromatic rings. The first kappa shape index (κ1) is 34.1. The molecule has 228 valence electrons. The van der Waals surface area contributed by atoms with Crippen LogP contribution in [0.2, 0.25) is 0 Å². The summed E-state index contributed by atoms with van der Waals surface area (Å²) in [5.41, 5.74) is 0.386. The molecule has 2 rings (SSSR count). The van der Waals surface area contributed by atoms with Gasteiger partial charge >= 0.3 is 11.9 Å². The van der Waals surface area contributed by atoms with Crippen LogP contribution >= 0.6 is 0 Å². The van der Waals surface area contributed by atoms with E-state index in [-0.39, 0.29) is 24.1 Å². The van der Waals surface area contributed by atoms with Gasteiger partial charge in [0.1, 0.15) is 12.2 Å². The number of ether oxygens (including phenoxy) is 2. The van der Waals surface area contributed by atoms with Crippen LogP contribution in [0, 0.1) is 11.3 Å². The van der Waals surface area contributed by atoms with Gasteiger partial charge in [-0.25, -0.2) is 0 Å². The monoisotopic (exact) mass is 548 g/mol. The standard InChI is InChI=1S/C35H64O4/c1-35(2,3)30(22-14-8-4-6-10-20-28-33(36)38-31-24-16-12-17-25-31)23-15-9-5-7-11-21-29-34(37)39-32-26-18-13-19-27-32/h30-32H,4-29H2,1-3H3. The minimum Gasteiger partial charge on any atom is -0.462 e. The topological polar surface area (TPSA) is 52.6 Å². The van der Waals surface area contributed by atoms with Gasteiger partial charge in [-0.15, -0.1) is 0 Å². The van der Waals surface area contributed by atoms with Crippen LogP contribution in [0.4, 0.5) is 0 Å². The minimum absolute atomic E-state index is 0.0319. The Morgan fingerprint density at radius 1 is 0.538 bits per heavy atom. The maximum Gasteiger partial charge on any atom is 0.306 e. The van der Waals surface area contributed by atoms with Crippen molar-refractivity contribution in [1.82, 2.24) is 0 Å². The molecule has 39 heavy (non-hydrogen) atoms. The predicted octanol–water partition coefficient (Wildman–Crippen LogP) is 10.6. The molecule has 0 heterocycles. The Kier molecular flexibility index (Phi) is 18.2. The molecule has 0 aromatic carbocycles. The highest BCUT2D eigenvalue weighted by molar-refractivity contribution is 5.69. The van der Waals surface area contributed by atoms with Gasteiger partial charge in [-0.1, -0.05) is 97.8 Å². The normalized spacial score (nSPS) is 17.4. The summed E-state index contributed by atoms with van der Waals surface area (Å²) in [4.78, 5) is 24.1. The van der Waals surface area contributed by atoms with Crippen LogP contribution < -0.4 is 0 Å². The van der Waals surface area contributed by atoms with E-state index in [4.69, 9.17) is 9.47 Å². The minimum atomic E-state index is 0.0319. The first-order chi connectivity index (χ1) is 18.8. The molecular weight excluding hydrogens is 484 g/mol. The van der Waals surface area contributed by atoms with Crippen molar-refractivity contribution in [2.45, 2.75) is 200 Å². The lowest BCUT2D eigenvalue weighted by molar-refractivity contribution is -0.151. The van der Waals surface area contributed by atoms with Crippen molar-refractivity contribution >= 4 is 11.9 Å². The molecule has 0 bridgehead atoms. The average molecular weight is 549 g/mol. The quantitative estimate of drug-likeness (QED) is 0.112. The van der Waals surface area contributed by atoms with Gasteiger partial charge in [0.25, 0.3) is 0 Å². The SMILES string of the molecule is CC(C)(C)C(CCCCCCCCC(=O)OC1CCCCC1)CCCCCCCCC(=O)OC1CCCCC1. The van der Waals surface area contributed by atoms with Gasteiger partial charge in [-0.3, -0.25) is 9.59 Å². The Balaban J connectivity index is 1.40. The van der Waals surface area contributed by atoms with Gasteiger partial charge in [-0.2, -0.15) is 0 Å². The van der Waals surface area contributed by atoms with Crippen LogP contribution in [-0.2, 0) is 19.1 Å². The van der Waals surface area contributed by atoms with Crippen molar-refractivity contribution in [3.05, 3.63) is 0 Å². The van der Waals surface area contributed by atoms with Crippen LogP contribution in [0.1, 0.15) is 188 Å². The Morgan fingerprint density at radius 3 is 1.23 bits per heavy atom. The maximum absolute atomic E-state index is 12.0. The number of hydrogen-bond acceptors (Lipinski definition) is 4. The smallest absolute Gasteiger partial charge is 0.306 e. The molecule has 4 heteroatoms. The molecule has 2 aliphatic rings. The third-order valence-electron chi connectivity index (χ3n) is 9.29. The number of esters is 2. The Bertz CT molecular complexity index is 577. The van der Waals surface area contributed by atoms with Crippen molar-refractivity contribution in [3.63, 3.8) is 0 Å². The van der Waals surface area contributed by atoms with Gasteiger partial charge < -0.3 is 9.47 Å². The van der Waals surface area contributed by atoms with Gasteiger partial charge in [0, 0.05) is 12.8 Å². The highest BCUT2D eigenvalue weighted by atomic mass is 16.5. The molecule has 0 atom stereocenters. The largest absolute Gasteiger partial charge is 0.462 e. The molecule has 0 unspecified atom stereocenters. The van der Waals surface area contributed by atoms with Crippen molar-refractivity contribution in [3.8, 4) is 0 Å². The van der Waals surface area contributed by atoms with Crippen LogP contribution in [0.15, 0.2) is 0 Å². The molecule has 0 aromatic heterocycles. The Labute approximate surface area is 242 Å². The predicted molar refractivity (Wildman–Crippen MR) is 163 cm³/mol. The van der Waals surface area contributed by atoms with Crippen LogP contribution in [0.3, 0.4) is 0 Å². The van der Waals surface area contributed by atoms with Crippen LogP contribution in [-0.4, -0.2) is 24.1 Å². The zero-order valence-electron chi connectivity index (χ0n) is 26.2. The summed E-state index contributed by atoms with van der Waals surface area (Å²) in [6.45, 7) is 7.24. The van der Waals surface area contributed by atoms with E-state index in [0.29, 0.717) is 18.3 Å². The molecule has 0 aliphatic heterocycles. The molecule has 2 fully saturated rings. The molecular formula is C35H64O4. The van der Waals surface area contributed by atoms with Crippen molar-refractivity contribution < 1.29 is 19.1 Å².